The third kappa shape index (κ3) is 12.0. The van der Waals surface area contributed by atoms with Crippen LogP contribution in [0.5, 0.6) is 0 Å². The maximum absolute atomic E-state index is 13.9. The van der Waals surface area contributed by atoms with Gasteiger partial charge in [0.15, 0.2) is 12.2 Å². The number of nitrogens with zero attached hydrogens (tertiary/aromatic N) is 7. The summed E-state index contributed by atoms with van der Waals surface area (Å²) in [4.78, 5) is 72.3. The highest BCUT2D eigenvalue weighted by Crippen LogP contribution is 2.28. The average Bonchev–Trinajstić information content (AvgIpc) is 4.06. The molecule has 2 saturated heterocycles. The van der Waals surface area contributed by atoms with E-state index in [1.54, 1.807) is 9.80 Å². The van der Waals surface area contributed by atoms with Crippen molar-refractivity contribution in [2.45, 2.75) is 65.6 Å². The monoisotopic (exact) mass is 895 g/mol. The lowest BCUT2D eigenvalue weighted by molar-refractivity contribution is -0.144. The highest BCUT2D eigenvalue weighted by Gasteiger charge is 2.42. The Morgan fingerprint density at radius 1 is 0.815 bits per heavy atom. The highest BCUT2D eigenvalue weighted by atomic mass is 16.6. The predicted molar refractivity (Wildman–Crippen MR) is 242 cm³/mol. The second kappa shape index (κ2) is 21.8. The van der Waals surface area contributed by atoms with E-state index >= 15 is 0 Å². The maximum Gasteiger partial charge on any atom is 0.248 e. The van der Waals surface area contributed by atoms with E-state index in [1.165, 1.54) is 6.39 Å². The molecule has 7 rings (SSSR count). The van der Waals surface area contributed by atoms with Gasteiger partial charge in [-0.25, -0.2) is 9.97 Å². The number of aryl methyl sites for hydroxylation is 1. The molecule has 5 heterocycles. The minimum atomic E-state index is -0.863. The van der Waals surface area contributed by atoms with Crippen molar-refractivity contribution in [3.63, 3.8) is 0 Å². The van der Waals surface area contributed by atoms with Crippen LogP contribution in [0.3, 0.4) is 0 Å². The molecule has 348 valence electrons. The van der Waals surface area contributed by atoms with Gasteiger partial charge in [0.1, 0.15) is 31.1 Å². The largest absolute Gasteiger partial charge is 0.443 e. The van der Waals surface area contributed by atoms with Crippen LogP contribution in [0.25, 0.3) is 28.1 Å². The number of oxazole rings is 1. The first-order valence-electron chi connectivity index (χ1n) is 22.4. The molecule has 2 aliphatic heterocycles. The molecule has 4 amide bonds. The van der Waals surface area contributed by atoms with E-state index in [4.69, 9.17) is 28.3 Å². The van der Waals surface area contributed by atoms with Crippen LogP contribution in [0.4, 0.5) is 5.82 Å². The average molecular weight is 896 g/mol. The molecule has 0 aliphatic carbocycles. The molecule has 65 heavy (non-hydrogen) atoms. The number of carbonyl (C=O) groups excluding carboxylic acids is 4. The number of carbonyl (C=O) groups is 4. The zero-order valence-corrected chi connectivity index (χ0v) is 38.0. The Balaban J connectivity index is 0.724. The molecule has 0 bridgehead atoms. The topological polar surface area (TPSA) is 195 Å². The van der Waals surface area contributed by atoms with Crippen LogP contribution >= 0.6 is 0 Å². The van der Waals surface area contributed by atoms with Crippen LogP contribution in [0, 0.1) is 12.3 Å². The summed E-state index contributed by atoms with van der Waals surface area (Å²) in [7, 11) is 0. The first-order valence-corrected chi connectivity index (χ1v) is 22.4. The lowest BCUT2D eigenvalue weighted by atomic mass is 9.85. The number of imidazole rings is 1. The molecule has 18 heteroatoms. The van der Waals surface area contributed by atoms with Gasteiger partial charge in [-0.15, -0.1) is 0 Å². The van der Waals surface area contributed by atoms with Crippen LogP contribution in [0.2, 0.25) is 0 Å². The summed E-state index contributed by atoms with van der Waals surface area (Å²) in [5.41, 5.74) is 3.90. The van der Waals surface area contributed by atoms with Crippen molar-refractivity contribution >= 4 is 46.3 Å². The number of aromatic nitrogens is 4. The Bertz CT molecular complexity index is 2390. The van der Waals surface area contributed by atoms with Gasteiger partial charge in [-0.2, -0.15) is 4.98 Å². The summed E-state index contributed by atoms with van der Waals surface area (Å²) < 4.78 is 29.7. The van der Waals surface area contributed by atoms with Crippen LogP contribution in [0.1, 0.15) is 57.8 Å². The maximum atomic E-state index is 13.9. The summed E-state index contributed by atoms with van der Waals surface area (Å²) >= 11 is 0. The SMILES string of the molecule is Cc1ncoc1-c1ccc([C@H](C)NC(=O)[C@@H]2CCCN2C(=O)C(NC(=O)COCCOCCOCCOCC(=O)N2CCN(c3ccn4c(n3)nc3ccccc34)CC2)C(C)(C)C)cc1. The molecule has 3 aromatic heterocycles. The highest BCUT2D eigenvalue weighted by molar-refractivity contribution is 5.93. The Morgan fingerprint density at radius 3 is 2.17 bits per heavy atom. The van der Waals surface area contributed by atoms with Gasteiger partial charge in [0.25, 0.3) is 0 Å². The van der Waals surface area contributed by atoms with E-state index in [0.717, 1.165) is 33.7 Å². The lowest BCUT2D eigenvalue weighted by Crippen LogP contribution is -2.58. The van der Waals surface area contributed by atoms with Crippen LogP contribution in [-0.4, -0.2) is 150 Å². The van der Waals surface area contributed by atoms with E-state index < -0.39 is 23.4 Å². The fourth-order valence-corrected chi connectivity index (χ4v) is 8.09. The zero-order chi connectivity index (χ0) is 45.9. The van der Waals surface area contributed by atoms with Gasteiger partial charge in [-0.1, -0.05) is 57.2 Å². The number of hydrogen-bond donors (Lipinski definition) is 2. The molecule has 2 aliphatic rings. The summed E-state index contributed by atoms with van der Waals surface area (Å²) in [5.74, 6) is 1.17. The molecule has 2 fully saturated rings. The number of piperazine rings is 1. The van der Waals surface area contributed by atoms with Gasteiger partial charge in [0.05, 0.1) is 62.4 Å². The number of hydrogen-bond acceptors (Lipinski definition) is 13. The first kappa shape index (κ1) is 47.0. The van der Waals surface area contributed by atoms with E-state index in [9.17, 15) is 19.2 Å². The standard InChI is InChI=1S/C47H61N9O9/c1-32(34-12-14-35(15-13-34)42-33(2)48-31-65-42)49-44(59)38-11-8-17-55(38)45(60)43(47(3,4)5)52-40(57)29-63-27-25-61-23-24-62-26-28-64-30-41(58)54-21-19-53(20-22-54)39-16-18-56-37-10-7-6-9-36(37)50-46(56)51-39/h6-7,9-10,12-16,18,31-32,38,43H,8,11,17,19-30H2,1-5H3,(H,49,59)(H,52,57)/t32-,38-,43?/m0/s1. The third-order valence-corrected chi connectivity index (χ3v) is 11.7. The van der Waals surface area contributed by atoms with Crippen LogP contribution in [0.15, 0.2) is 71.6 Å². The minimum Gasteiger partial charge on any atom is -0.443 e. The Morgan fingerprint density at radius 2 is 1.49 bits per heavy atom. The van der Waals surface area contributed by atoms with Gasteiger partial charge in [-0.05, 0) is 55.9 Å². The first-order chi connectivity index (χ1) is 31.4. The summed E-state index contributed by atoms with van der Waals surface area (Å²) in [6.45, 7) is 13.7. The number of amides is 4. The summed E-state index contributed by atoms with van der Waals surface area (Å²) in [5, 5.41) is 5.93. The van der Waals surface area contributed by atoms with Gasteiger partial charge >= 0.3 is 0 Å². The Hall–Kier alpha value is -5.95. The van der Waals surface area contributed by atoms with Crippen molar-refractivity contribution in [1.82, 2.24) is 39.8 Å². The smallest absolute Gasteiger partial charge is 0.248 e. The van der Waals surface area contributed by atoms with Crippen molar-refractivity contribution < 1.29 is 42.5 Å². The molecule has 2 aromatic carbocycles. The zero-order valence-electron chi connectivity index (χ0n) is 38.0. The fourth-order valence-electron chi connectivity index (χ4n) is 8.09. The Labute approximate surface area is 378 Å². The van der Waals surface area contributed by atoms with E-state index in [2.05, 4.69) is 25.5 Å². The van der Waals surface area contributed by atoms with Crippen molar-refractivity contribution in [2.75, 3.05) is 90.5 Å². The Kier molecular flexibility index (Phi) is 15.8. The van der Waals surface area contributed by atoms with Gasteiger partial charge in [0.2, 0.25) is 29.4 Å². The second-order valence-corrected chi connectivity index (χ2v) is 17.4. The minimum absolute atomic E-state index is 0.0150. The van der Waals surface area contributed by atoms with Crippen molar-refractivity contribution in [1.29, 1.82) is 0 Å². The molecule has 0 saturated carbocycles. The lowest BCUT2D eigenvalue weighted by Gasteiger charge is -2.35. The molecule has 0 spiro atoms. The molecule has 3 atom stereocenters. The molecule has 1 unspecified atom stereocenters. The number of nitrogens with one attached hydrogen (secondary N) is 2. The van der Waals surface area contributed by atoms with Gasteiger partial charge in [-0.3, -0.25) is 23.6 Å². The fraction of sp³-hybridized carbons (Fsp3) is 0.511. The summed E-state index contributed by atoms with van der Waals surface area (Å²) in [6.07, 6.45) is 4.62. The second-order valence-electron chi connectivity index (χ2n) is 17.4. The predicted octanol–water partition coefficient (Wildman–Crippen LogP) is 3.96. The normalized spacial score (nSPS) is 16.6. The number of anilines is 1. The van der Waals surface area contributed by atoms with Gasteiger partial charge in [0, 0.05) is 44.5 Å². The van der Waals surface area contributed by atoms with E-state index in [0.29, 0.717) is 76.9 Å². The van der Waals surface area contributed by atoms with Crippen molar-refractivity contribution in [2.24, 2.45) is 5.41 Å². The summed E-state index contributed by atoms with van der Waals surface area (Å²) in [6, 6.07) is 15.9. The van der Waals surface area contributed by atoms with Crippen molar-refractivity contribution in [3.8, 4) is 11.3 Å². The number of para-hydroxylation sites is 2. The third-order valence-electron chi connectivity index (χ3n) is 11.7. The quantitative estimate of drug-likeness (QED) is 0.107. The number of benzene rings is 2. The molecular formula is C47H61N9O9. The van der Waals surface area contributed by atoms with E-state index in [1.807, 2.05) is 99.8 Å². The van der Waals surface area contributed by atoms with Crippen molar-refractivity contribution in [3.05, 3.63) is 78.4 Å². The number of rotatable bonds is 20. The molecular weight excluding hydrogens is 835 g/mol. The number of likely N-dealkylation sites (tertiary alicyclic amines) is 1. The molecule has 0 radical (unpaired) electrons. The number of ether oxygens (including phenoxy) is 4. The molecule has 18 nitrogen and oxygen atoms in total. The molecule has 5 aromatic rings. The van der Waals surface area contributed by atoms with Crippen LogP contribution in [-0.2, 0) is 38.1 Å². The van der Waals surface area contributed by atoms with Gasteiger partial charge < -0.3 is 48.7 Å². The molecule has 2 N–H and O–H groups in total. The van der Waals surface area contributed by atoms with E-state index in [-0.39, 0.29) is 56.8 Å². The number of fused-ring (bicyclic) bond motifs is 3. The van der Waals surface area contributed by atoms with Crippen LogP contribution < -0.4 is 15.5 Å².